The monoisotopic (exact) mass is 548 g/mol. The highest BCUT2D eigenvalue weighted by Gasteiger charge is 2.30. The summed E-state index contributed by atoms with van der Waals surface area (Å²) in [5, 5.41) is 3.66. The first kappa shape index (κ1) is 25.1. The summed E-state index contributed by atoms with van der Waals surface area (Å²) >= 11 is 15.6. The van der Waals surface area contributed by atoms with Gasteiger partial charge in [0.15, 0.2) is 6.61 Å². The second kappa shape index (κ2) is 12.1. The van der Waals surface area contributed by atoms with Crippen molar-refractivity contribution in [2.24, 2.45) is 0 Å². The van der Waals surface area contributed by atoms with Gasteiger partial charge in [-0.1, -0.05) is 81.6 Å². The lowest BCUT2D eigenvalue weighted by atomic mass is 10.0. The Hall–Kier alpha value is -2.54. The van der Waals surface area contributed by atoms with Crippen LogP contribution in [0.5, 0.6) is 5.75 Å². The number of ether oxygens (including phenoxy) is 1. The first-order chi connectivity index (χ1) is 15.9. The molecule has 5 nitrogen and oxygen atoms in total. The van der Waals surface area contributed by atoms with Gasteiger partial charge in [-0.3, -0.25) is 9.59 Å². The third-order valence-electron chi connectivity index (χ3n) is 5.03. The Labute approximate surface area is 211 Å². The SMILES string of the molecule is CNC(=O)[C@@H](Cc1ccccc1)N(Cc1ccc(Cl)cc1)C(=O)COc1ccc(Br)cc1Cl. The van der Waals surface area contributed by atoms with Crippen LogP contribution in [0.1, 0.15) is 11.1 Å². The van der Waals surface area contributed by atoms with E-state index in [0.29, 0.717) is 22.2 Å². The molecule has 0 aromatic heterocycles. The molecule has 33 heavy (non-hydrogen) atoms. The first-order valence-electron chi connectivity index (χ1n) is 10.2. The summed E-state index contributed by atoms with van der Waals surface area (Å²) in [6.45, 7) is -0.0461. The lowest BCUT2D eigenvalue weighted by Crippen LogP contribution is -2.51. The molecule has 172 valence electrons. The van der Waals surface area contributed by atoms with Crippen LogP contribution in [0.15, 0.2) is 77.3 Å². The maximum Gasteiger partial charge on any atom is 0.261 e. The second-order valence-electron chi connectivity index (χ2n) is 7.33. The van der Waals surface area contributed by atoms with Crippen molar-refractivity contribution in [1.82, 2.24) is 10.2 Å². The van der Waals surface area contributed by atoms with E-state index in [1.54, 1.807) is 37.4 Å². The number of amides is 2. The number of rotatable bonds is 9. The quantitative estimate of drug-likeness (QED) is 0.382. The van der Waals surface area contributed by atoms with Crippen molar-refractivity contribution in [2.45, 2.75) is 19.0 Å². The van der Waals surface area contributed by atoms with Crippen LogP contribution in [0.2, 0.25) is 10.0 Å². The van der Waals surface area contributed by atoms with Crippen molar-refractivity contribution in [3.8, 4) is 5.75 Å². The molecule has 0 spiro atoms. The van der Waals surface area contributed by atoms with Crippen LogP contribution < -0.4 is 10.1 Å². The number of hydrogen-bond donors (Lipinski definition) is 1. The van der Waals surface area contributed by atoms with Crippen molar-refractivity contribution in [3.63, 3.8) is 0 Å². The summed E-state index contributed by atoms with van der Waals surface area (Å²) in [4.78, 5) is 27.8. The Morgan fingerprint density at radius 2 is 1.70 bits per heavy atom. The molecule has 3 aromatic carbocycles. The smallest absolute Gasteiger partial charge is 0.261 e. The molecule has 0 aliphatic rings. The molecule has 0 saturated carbocycles. The minimum absolute atomic E-state index is 0.221. The fraction of sp³-hybridized carbons (Fsp3) is 0.200. The molecule has 0 aliphatic heterocycles. The fourth-order valence-electron chi connectivity index (χ4n) is 3.32. The second-order valence-corrected chi connectivity index (χ2v) is 9.09. The highest BCUT2D eigenvalue weighted by atomic mass is 79.9. The van der Waals surface area contributed by atoms with Gasteiger partial charge in [-0.25, -0.2) is 0 Å². The summed E-state index contributed by atoms with van der Waals surface area (Å²) < 4.78 is 6.51. The predicted molar refractivity (Wildman–Crippen MR) is 135 cm³/mol. The number of carbonyl (C=O) groups is 2. The van der Waals surface area contributed by atoms with Crippen molar-refractivity contribution in [3.05, 3.63) is 98.4 Å². The standard InChI is InChI=1S/C25H23BrCl2N2O3/c1-29-25(32)22(13-17-5-3-2-4-6-17)30(15-18-7-10-20(27)11-8-18)24(31)16-33-23-12-9-19(26)14-21(23)28/h2-12,14,22H,13,15-16H2,1H3,(H,29,32)/t22-/m1/s1. The summed E-state index contributed by atoms with van der Waals surface area (Å²) in [6.07, 6.45) is 0.360. The normalized spacial score (nSPS) is 11.5. The van der Waals surface area contributed by atoms with Crippen LogP contribution in [0.4, 0.5) is 0 Å². The van der Waals surface area contributed by atoms with Gasteiger partial charge in [0.1, 0.15) is 11.8 Å². The Bertz CT molecular complexity index is 1090. The molecular formula is C25H23BrCl2N2O3. The van der Waals surface area contributed by atoms with Gasteiger partial charge in [-0.05, 0) is 41.5 Å². The van der Waals surface area contributed by atoms with Gasteiger partial charge < -0.3 is 15.0 Å². The van der Waals surface area contributed by atoms with E-state index < -0.39 is 6.04 Å². The third-order valence-corrected chi connectivity index (χ3v) is 6.07. The Kier molecular flexibility index (Phi) is 9.18. The van der Waals surface area contributed by atoms with Crippen LogP contribution in [0, 0.1) is 0 Å². The van der Waals surface area contributed by atoms with Crippen molar-refractivity contribution in [2.75, 3.05) is 13.7 Å². The van der Waals surface area contributed by atoms with E-state index in [-0.39, 0.29) is 25.0 Å². The molecule has 0 saturated heterocycles. The van der Waals surface area contributed by atoms with E-state index in [9.17, 15) is 9.59 Å². The van der Waals surface area contributed by atoms with Crippen LogP contribution in [0.25, 0.3) is 0 Å². The van der Waals surface area contributed by atoms with E-state index in [0.717, 1.165) is 15.6 Å². The number of likely N-dealkylation sites (N-methyl/N-ethyl adjacent to an activating group) is 1. The molecule has 3 aromatic rings. The number of halogens is 3. The van der Waals surface area contributed by atoms with Gasteiger partial charge >= 0.3 is 0 Å². The van der Waals surface area contributed by atoms with Gasteiger partial charge in [0.05, 0.1) is 5.02 Å². The molecule has 8 heteroatoms. The molecule has 1 atom stereocenters. The van der Waals surface area contributed by atoms with Crippen LogP contribution in [-0.2, 0) is 22.6 Å². The van der Waals surface area contributed by atoms with E-state index in [2.05, 4.69) is 21.2 Å². The molecule has 0 fully saturated rings. The average Bonchev–Trinajstić information content (AvgIpc) is 2.82. The zero-order valence-corrected chi connectivity index (χ0v) is 21.0. The Balaban J connectivity index is 1.87. The van der Waals surface area contributed by atoms with Crippen molar-refractivity contribution >= 4 is 50.9 Å². The topological polar surface area (TPSA) is 58.6 Å². The van der Waals surface area contributed by atoms with Crippen molar-refractivity contribution in [1.29, 1.82) is 0 Å². The zero-order valence-electron chi connectivity index (χ0n) is 17.9. The minimum atomic E-state index is -0.732. The summed E-state index contributed by atoms with van der Waals surface area (Å²) in [5.41, 5.74) is 1.79. The van der Waals surface area contributed by atoms with Gasteiger partial charge in [-0.2, -0.15) is 0 Å². The molecule has 0 aliphatic carbocycles. The Morgan fingerprint density at radius 3 is 2.33 bits per heavy atom. The van der Waals surface area contributed by atoms with Crippen molar-refractivity contribution < 1.29 is 14.3 Å². The number of benzene rings is 3. The average molecular weight is 550 g/mol. The van der Waals surface area contributed by atoms with E-state index in [1.807, 2.05) is 42.5 Å². The molecule has 2 amide bonds. The van der Waals surface area contributed by atoms with Gasteiger partial charge in [0, 0.05) is 29.5 Å². The summed E-state index contributed by atoms with van der Waals surface area (Å²) in [7, 11) is 1.56. The number of nitrogens with zero attached hydrogens (tertiary/aromatic N) is 1. The zero-order chi connectivity index (χ0) is 23.8. The number of carbonyl (C=O) groups excluding carboxylic acids is 2. The maximum atomic E-state index is 13.4. The largest absolute Gasteiger partial charge is 0.482 e. The first-order valence-corrected chi connectivity index (χ1v) is 11.8. The van der Waals surface area contributed by atoms with E-state index in [1.165, 1.54) is 4.90 Å². The predicted octanol–water partition coefficient (Wildman–Crippen LogP) is 5.52. The lowest BCUT2D eigenvalue weighted by Gasteiger charge is -2.31. The highest BCUT2D eigenvalue weighted by molar-refractivity contribution is 9.10. The molecule has 3 rings (SSSR count). The summed E-state index contributed by atoms with van der Waals surface area (Å²) in [6, 6.07) is 21.2. The Morgan fingerprint density at radius 1 is 1.00 bits per heavy atom. The van der Waals surface area contributed by atoms with Gasteiger partial charge in [0.25, 0.3) is 5.91 Å². The van der Waals surface area contributed by atoms with Crippen LogP contribution in [-0.4, -0.2) is 36.4 Å². The van der Waals surface area contributed by atoms with E-state index >= 15 is 0 Å². The molecule has 0 bridgehead atoms. The summed E-state index contributed by atoms with van der Waals surface area (Å²) in [5.74, 6) is -0.212. The van der Waals surface area contributed by atoms with Gasteiger partial charge in [-0.15, -0.1) is 0 Å². The van der Waals surface area contributed by atoms with Crippen LogP contribution >= 0.6 is 39.1 Å². The molecule has 0 radical (unpaired) electrons. The minimum Gasteiger partial charge on any atom is -0.482 e. The number of nitrogens with one attached hydrogen (secondary N) is 1. The molecule has 0 heterocycles. The fourth-order valence-corrected chi connectivity index (χ4v) is 4.18. The molecule has 1 N–H and O–H groups in total. The van der Waals surface area contributed by atoms with Gasteiger partial charge in [0.2, 0.25) is 5.91 Å². The highest BCUT2D eigenvalue weighted by Crippen LogP contribution is 2.28. The third kappa shape index (κ3) is 7.22. The molecular weight excluding hydrogens is 527 g/mol. The van der Waals surface area contributed by atoms with Crippen LogP contribution in [0.3, 0.4) is 0 Å². The maximum absolute atomic E-state index is 13.4. The van der Waals surface area contributed by atoms with E-state index in [4.69, 9.17) is 27.9 Å². The lowest BCUT2D eigenvalue weighted by molar-refractivity contribution is -0.142. The number of hydrogen-bond acceptors (Lipinski definition) is 3. The molecule has 0 unspecified atom stereocenters.